The van der Waals surface area contributed by atoms with Gasteiger partial charge in [-0.1, -0.05) is 42.5 Å². The molecule has 0 fully saturated rings. The van der Waals surface area contributed by atoms with Gasteiger partial charge >= 0.3 is 0 Å². The zero-order valence-electron chi connectivity index (χ0n) is 10.2. The Morgan fingerprint density at radius 1 is 0.833 bits per heavy atom. The first kappa shape index (κ1) is 10.5. The molecule has 0 aliphatic carbocycles. The molecule has 2 aliphatic heterocycles. The van der Waals surface area contributed by atoms with E-state index in [1.807, 2.05) is 0 Å². The topological polar surface area (TPSA) is 0 Å². The molecule has 0 N–H and O–H groups in total. The lowest BCUT2D eigenvalue weighted by Crippen LogP contribution is -2.24. The molecule has 0 saturated carbocycles. The van der Waals surface area contributed by atoms with E-state index in [1.165, 1.54) is 23.3 Å². The van der Waals surface area contributed by atoms with Crippen molar-refractivity contribution in [2.45, 2.75) is 16.6 Å². The highest BCUT2D eigenvalue weighted by Crippen LogP contribution is 2.48. The molecule has 88 valence electrons. The van der Waals surface area contributed by atoms with Gasteiger partial charge in [-0.15, -0.1) is 0 Å². The van der Waals surface area contributed by atoms with Gasteiger partial charge in [-0.05, 0) is 23.8 Å². The summed E-state index contributed by atoms with van der Waals surface area (Å²) in [7, 11) is 0.374. The van der Waals surface area contributed by atoms with Crippen molar-refractivity contribution in [1.29, 1.82) is 0 Å². The minimum Gasteiger partial charge on any atom is -0.0786 e. The van der Waals surface area contributed by atoms with E-state index in [1.54, 1.807) is 10.5 Å². The summed E-state index contributed by atoms with van der Waals surface area (Å²) in [6.45, 7) is 0. The Labute approximate surface area is 111 Å². The summed E-state index contributed by atoms with van der Waals surface area (Å²) in [5.41, 5.74) is 4.48. The fourth-order valence-electron chi connectivity index (χ4n) is 3.09. The summed E-state index contributed by atoms with van der Waals surface area (Å²) in [5.74, 6) is 1.22. The molecular weight excluding hydrogens is 236 g/mol. The molecule has 1 heteroatoms. The second-order valence-corrected chi connectivity index (χ2v) is 7.07. The normalized spacial score (nSPS) is 24.0. The first-order valence-electron chi connectivity index (χ1n) is 6.48. The Bertz CT molecular complexity index is 572. The van der Waals surface area contributed by atoms with Gasteiger partial charge in [-0.3, -0.25) is 0 Å². The van der Waals surface area contributed by atoms with Gasteiger partial charge in [-0.25, -0.2) is 0 Å². The SMILES string of the molecule is C1=CC[S+]2c3ccccc3-c3ccccc3C2C1. The fraction of sp³-hybridized carbons (Fsp3) is 0.176. The van der Waals surface area contributed by atoms with Crippen LogP contribution in [0.25, 0.3) is 11.1 Å². The smallest absolute Gasteiger partial charge is 0.0786 e. The lowest BCUT2D eigenvalue weighted by atomic mass is 9.95. The summed E-state index contributed by atoms with van der Waals surface area (Å²) in [5, 5.41) is 0.709. The second kappa shape index (κ2) is 4.03. The van der Waals surface area contributed by atoms with E-state index < -0.39 is 0 Å². The van der Waals surface area contributed by atoms with E-state index in [0.29, 0.717) is 16.1 Å². The van der Waals surface area contributed by atoms with E-state index in [0.717, 1.165) is 0 Å². The monoisotopic (exact) mass is 251 g/mol. The quantitative estimate of drug-likeness (QED) is 0.482. The maximum absolute atomic E-state index is 2.37. The molecule has 0 saturated heterocycles. The predicted octanol–water partition coefficient (Wildman–Crippen LogP) is 4.35. The average Bonchev–Trinajstić information content (AvgIpc) is 2.48. The highest BCUT2D eigenvalue weighted by Gasteiger charge is 2.41. The maximum atomic E-state index is 2.37. The van der Waals surface area contributed by atoms with Crippen LogP contribution >= 0.6 is 0 Å². The van der Waals surface area contributed by atoms with E-state index in [9.17, 15) is 0 Å². The van der Waals surface area contributed by atoms with Crippen molar-refractivity contribution in [2.24, 2.45) is 0 Å². The van der Waals surface area contributed by atoms with Crippen LogP contribution in [0, 0.1) is 0 Å². The summed E-state index contributed by atoms with van der Waals surface area (Å²) < 4.78 is 0. The second-order valence-electron chi connectivity index (χ2n) is 4.87. The minimum atomic E-state index is 0.374. The molecule has 0 nitrogen and oxygen atoms in total. The first-order chi connectivity index (χ1) is 8.95. The van der Waals surface area contributed by atoms with Gasteiger partial charge in [0.15, 0.2) is 10.1 Å². The van der Waals surface area contributed by atoms with Crippen molar-refractivity contribution in [3.8, 4) is 11.1 Å². The molecule has 2 unspecified atom stereocenters. The minimum absolute atomic E-state index is 0.374. The van der Waals surface area contributed by atoms with Crippen molar-refractivity contribution < 1.29 is 0 Å². The molecule has 0 radical (unpaired) electrons. The van der Waals surface area contributed by atoms with Gasteiger partial charge in [0.05, 0.1) is 0 Å². The molecule has 0 aromatic heterocycles. The van der Waals surface area contributed by atoms with Gasteiger partial charge in [0.2, 0.25) is 0 Å². The van der Waals surface area contributed by atoms with Crippen LogP contribution in [0.1, 0.15) is 17.2 Å². The van der Waals surface area contributed by atoms with Crippen LogP contribution < -0.4 is 0 Å². The molecule has 4 rings (SSSR count). The first-order valence-corrected chi connectivity index (χ1v) is 7.94. The van der Waals surface area contributed by atoms with Gasteiger partial charge < -0.3 is 0 Å². The highest BCUT2D eigenvalue weighted by molar-refractivity contribution is 7.97. The number of hydrogen-bond acceptors (Lipinski definition) is 0. The van der Waals surface area contributed by atoms with Crippen molar-refractivity contribution in [2.75, 3.05) is 5.75 Å². The van der Waals surface area contributed by atoms with Crippen molar-refractivity contribution in [3.05, 3.63) is 66.2 Å². The van der Waals surface area contributed by atoms with E-state index in [2.05, 4.69) is 60.7 Å². The fourth-order valence-corrected chi connectivity index (χ4v) is 5.72. The van der Waals surface area contributed by atoms with Crippen LogP contribution in [0.5, 0.6) is 0 Å². The molecule has 18 heavy (non-hydrogen) atoms. The number of allylic oxidation sites excluding steroid dienone is 1. The van der Waals surface area contributed by atoms with Crippen LogP contribution in [0.3, 0.4) is 0 Å². The molecule has 0 bridgehead atoms. The summed E-state index contributed by atoms with van der Waals surface area (Å²) >= 11 is 0. The van der Waals surface area contributed by atoms with E-state index in [4.69, 9.17) is 0 Å². The van der Waals surface area contributed by atoms with Gasteiger partial charge in [0.1, 0.15) is 5.75 Å². The van der Waals surface area contributed by atoms with Crippen molar-refractivity contribution >= 4 is 10.9 Å². The molecule has 2 heterocycles. The van der Waals surface area contributed by atoms with E-state index in [-0.39, 0.29) is 0 Å². The standard InChI is InChI=1S/C17H15S/c1-2-8-14-13(7-1)15-9-3-4-10-16(15)18-12-6-5-11-17(14)18/h1-10,17H,11-12H2/q+1. The van der Waals surface area contributed by atoms with Crippen molar-refractivity contribution in [3.63, 3.8) is 0 Å². The summed E-state index contributed by atoms with van der Waals surface area (Å²) in [6, 6.07) is 17.9. The molecule has 0 spiro atoms. The Hall–Kier alpha value is -1.47. The molecule has 0 amide bonds. The Morgan fingerprint density at radius 3 is 2.56 bits per heavy atom. The number of fused-ring (bicyclic) bond motifs is 6. The largest absolute Gasteiger partial charge is 0.163 e. The van der Waals surface area contributed by atoms with Crippen LogP contribution in [0.4, 0.5) is 0 Å². The third-order valence-corrected chi connectivity index (χ3v) is 6.51. The lowest BCUT2D eigenvalue weighted by molar-refractivity contribution is 0.932. The van der Waals surface area contributed by atoms with E-state index >= 15 is 0 Å². The van der Waals surface area contributed by atoms with Gasteiger partial charge in [0.25, 0.3) is 0 Å². The Morgan fingerprint density at radius 2 is 1.61 bits per heavy atom. The summed E-state index contributed by atoms with van der Waals surface area (Å²) in [6.07, 6.45) is 5.93. The Balaban J connectivity index is 2.02. The zero-order valence-corrected chi connectivity index (χ0v) is 11.0. The van der Waals surface area contributed by atoms with Crippen molar-refractivity contribution in [1.82, 2.24) is 0 Å². The zero-order chi connectivity index (χ0) is 11.9. The molecule has 2 aliphatic rings. The third kappa shape index (κ3) is 1.40. The third-order valence-electron chi connectivity index (χ3n) is 3.90. The molecule has 2 aromatic rings. The Kier molecular flexibility index (Phi) is 2.34. The van der Waals surface area contributed by atoms with Gasteiger partial charge in [-0.2, -0.15) is 0 Å². The summed E-state index contributed by atoms with van der Waals surface area (Å²) in [4.78, 5) is 1.57. The highest BCUT2D eigenvalue weighted by atomic mass is 32.2. The molecule has 2 atom stereocenters. The van der Waals surface area contributed by atoms with Crippen LogP contribution in [-0.2, 0) is 10.9 Å². The number of rotatable bonds is 0. The maximum Gasteiger partial charge on any atom is 0.163 e. The van der Waals surface area contributed by atoms with Crippen LogP contribution in [0.2, 0.25) is 0 Å². The number of hydrogen-bond donors (Lipinski definition) is 0. The number of benzene rings is 2. The molecular formula is C17H15S+. The van der Waals surface area contributed by atoms with Gasteiger partial charge in [0, 0.05) is 28.4 Å². The predicted molar refractivity (Wildman–Crippen MR) is 78.9 cm³/mol. The van der Waals surface area contributed by atoms with Crippen LogP contribution in [0.15, 0.2) is 65.6 Å². The average molecular weight is 251 g/mol. The van der Waals surface area contributed by atoms with Crippen LogP contribution in [-0.4, -0.2) is 5.75 Å². The molecule has 2 aromatic carbocycles. The lowest BCUT2D eigenvalue weighted by Gasteiger charge is -2.28.